The first-order chi connectivity index (χ1) is 11.0. The number of H-pyrrole nitrogens is 1. The zero-order valence-electron chi connectivity index (χ0n) is 13.9. The van der Waals surface area contributed by atoms with Gasteiger partial charge in [-0.2, -0.15) is 0 Å². The van der Waals surface area contributed by atoms with Gasteiger partial charge >= 0.3 is 7.82 Å². The molecule has 0 saturated carbocycles. The first-order valence-electron chi connectivity index (χ1n) is 7.26. The minimum absolute atomic E-state index is 0.301. The molecule has 0 aliphatic heterocycles. The summed E-state index contributed by atoms with van der Waals surface area (Å²) in [4.78, 5) is 22.4. The maximum absolute atomic E-state index is 11.0. The van der Waals surface area contributed by atoms with Gasteiger partial charge in [-0.15, -0.1) is 0 Å². The van der Waals surface area contributed by atoms with Crippen LogP contribution in [0, 0.1) is 0 Å². The Labute approximate surface area is 139 Å². The predicted octanol–water partition coefficient (Wildman–Crippen LogP) is 2.88. The fraction of sp³-hybridized carbons (Fsp3) is 0.400. The smallest absolute Gasteiger partial charge is 0.472 e. The first kappa shape index (κ1) is 20.2. The molecule has 0 spiro atoms. The predicted molar refractivity (Wildman–Crippen MR) is 90.2 cm³/mol. The van der Waals surface area contributed by atoms with E-state index in [1.54, 1.807) is 52.0 Å². The van der Waals surface area contributed by atoms with Crippen molar-refractivity contribution in [3.63, 3.8) is 0 Å². The quantitative estimate of drug-likeness (QED) is 0.618. The van der Waals surface area contributed by atoms with Crippen LogP contribution in [0.1, 0.15) is 27.7 Å². The van der Waals surface area contributed by atoms with Crippen molar-refractivity contribution < 1.29 is 28.7 Å². The average molecular weight is 359 g/mol. The topological polar surface area (TPSA) is 129 Å². The number of hydrogen-bond acceptors (Lipinski definition) is 6. The molecule has 4 N–H and O–H groups in total. The molecule has 1 aromatic heterocycles. The third kappa shape index (κ3) is 5.98. The molecule has 8 nitrogen and oxygen atoms in total. The van der Waals surface area contributed by atoms with Crippen LogP contribution < -0.4 is 5.56 Å². The Hall–Kier alpha value is -1.86. The number of phosphoric ester groups is 1. The molecule has 1 heterocycles. The minimum Gasteiger partial charge on any atom is -0.504 e. The van der Waals surface area contributed by atoms with Crippen molar-refractivity contribution in [2.75, 3.05) is 0 Å². The summed E-state index contributed by atoms with van der Waals surface area (Å²) in [5, 5.41) is 18.9. The standard InChI is InChI=1S/C9H7NO3.C6H15O4P/c11-7-5-3-1-2-4-6(5)10-9(13)8(7)12;1-5(2)9-11(7,8)10-6(3)4/h1-4,12H,(H2,10,11,13);5-6H,1-4H3,(H,7,8). The third-order valence-electron chi connectivity index (χ3n) is 2.56. The van der Waals surface area contributed by atoms with Crippen LogP contribution in [-0.2, 0) is 13.6 Å². The van der Waals surface area contributed by atoms with Gasteiger partial charge in [-0.25, -0.2) is 4.57 Å². The largest absolute Gasteiger partial charge is 0.504 e. The van der Waals surface area contributed by atoms with Crippen LogP contribution in [0.4, 0.5) is 0 Å². The van der Waals surface area contributed by atoms with Gasteiger partial charge in [0, 0.05) is 5.39 Å². The van der Waals surface area contributed by atoms with Crippen LogP contribution in [0.5, 0.6) is 11.5 Å². The highest BCUT2D eigenvalue weighted by Gasteiger charge is 2.23. The van der Waals surface area contributed by atoms with Crippen molar-refractivity contribution in [1.82, 2.24) is 4.98 Å². The van der Waals surface area contributed by atoms with Crippen molar-refractivity contribution in [2.24, 2.45) is 0 Å². The maximum Gasteiger partial charge on any atom is 0.472 e. The Balaban J connectivity index is 0.000000245. The molecule has 134 valence electrons. The van der Waals surface area contributed by atoms with Crippen LogP contribution in [0.2, 0.25) is 0 Å². The molecule has 0 aliphatic carbocycles. The molecular weight excluding hydrogens is 337 g/mol. The SMILES string of the molecule is CC(C)OP(=O)(O)OC(C)C.O=c1[nH]c2ccccc2c(O)c1O. The molecule has 0 amide bonds. The Morgan fingerprint density at radius 1 is 1.00 bits per heavy atom. The van der Waals surface area contributed by atoms with E-state index in [1.807, 2.05) is 0 Å². The normalized spacial score (nSPS) is 11.6. The van der Waals surface area contributed by atoms with Crippen LogP contribution >= 0.6 is 7.82 Å². The van der Waals surface area contributed by atoms with Gasteiger partial charge in [-0.3, -0.25) is 13.8 Å². The number of hydrogen-bond donors (Lipinski definition) is 4. The van der Waals surface area contributed by atoms with Crippen molar-refractivity contribution >= 4 is 18.7 Å². The number of pyridine rings is 1. The van der Waals surface area contributed by atoms with Crippen molar-refractivity contribution in [2.45, 2.75) is 39.9 Å². The lowest BCUT2D eigenvalue weighted by Gasteiger charge is -2.16. The molecule has 0 radical (unpaired) electrons. The van der Waals surface area contributed by atoms with Crippen LogP contribution in [0.3, 0.4) is 0 Å². The van der Waals surface area contributed by atoms with Gasteiger partial charge in [0.15, 0.2) is 5.75 Å². The second-order valence-electron chi connectivity index (χ2n) is 5.47. The van der Waals surface area contributed by atoms with Crippen LogP contribution in [-0.4, -0.2) is 32.3 Å². The van der Waals surface area contributed by atoms with Gasteiger partial charge < -0.3 is 20.1 Å². The zero-order chi connectivity index (χ0) is 18.5. The second-order valence-corrected chi connectivity index (χ2v) is 6.83. The number of fused-ring (bicyclic) bond motifs is 1. The van der Waals surface area contributed by atoms with Gasteiger partial charge in [-0.05, 0) is 39.8 Å². The number of nitrogens with one attached hydrogen (secondary N) is 1. The van der Waals surface area contributed by atoms with E-state index in [0.29, 0.717) is 10.9 Å². The highest BCUT2D eigenvalue weighted by molar-refractivity contribution is 7.47. The van der Waals surface area contributed by atoms with Crippen molar-refractivity contribution in [1.29, 1.82) is 0 Å². The molecule has 2 aromatic rings. The third-order valence-corrected chi connectivity index (χ3v) is 3.93. The number of aromatic amines is 1. The summed E-state index contributed by atoms with van der Waals surface area (Å²) in [5.41, 5.74) is -0.181. The summed E-state index contributed by atoms with van der Waals surface area (Å²) in [6.07, 6.45) is -0.603. The Morgan fingerprint density at radius 3 is 2.00 bits per heavy atom. The van der Waals surface area contributed by atoms with Crippen LogP contribution in [0.15, 0.2) is 29.1 Å². The first-order valence-corrected chi connectivity index (χ1v) is 8.75. The second kappa shape index (κ2) is 8.30. The van der Waals surface area contributed by atoms with Gasteiger partial charge in [0.2, 0.25) is 5.75 Å². The van der Waals surface area contributed by atoms with E-state index >= 15 is 0 Å². The Bertz CT molecular complexity index is 771. The molecule has 1 aromatic carbocycles. The number of para-hydroxylation sites is 1. The average Bonchev–Trinajstić information content (AvgIpc) is 2.42. The lowest BCUT2D eigenvalue weighted by atomic mass is 10.2. The highest BCUT2D eigenvalue weighted by Crippen LogP contribution is 2.45. The molecule has 9 heteroatoms. The van der Waals surface area contributed by atoms with Gasteiger partial charge in [-0.1, -0.05) is 12.1 Å². The maximum atomic E-state index is 11.0. The summed E-state index contributed by atoms with van der Waals surface area (Å²) in [6.45, 7) is 6.69. The van der Waals surface area contributed by atoms with E-state index in [-0.39, 0.29) is 18.0 Å². The van der Waals surface area contributed by atoms with Gasteiger partial charge in [0.1, 0.15) is 0 Å². The Kier molecular flexibility index (Phi) is 6.98. The van der Waals surface area contributed by atoms with Crippen LogP contribution in [0.25, 0.3) is 10.9 Å². The molecule has 0 bridgehead atoms. The molecular formula is C15H22NO7P. The summed E-state index contributed by atoms with van der Waals surface area (Å²) >= 11 is 0. The number of phosphoric acid groups is 1. The monoisotopic (exact) mass is 359 g/mol. The minimum atomic E-state index is -3.80. The molecule has 0 aliphatic rings. The number of benzene rings is 1. The Morgan fingerprint density at radius 2 is 1.50 bits per heavy atom. The summed E-state index contributed by atoms with van der Waals surface area (Å²) in [5.74, 6) is -1.02. The molecule has 2 rings (SSSR count). The molecule has 0 unspecified atom stereocenters. The lowest BCUT2D eigenvalue weighted by molar-refractivity contribution is 0.0985. The lowest BCUT2D eigenvalue weighted by Crippen LogP contribution is -2.06. The van der Waals surface area contributed by atoms with E-state index in [2.05, 4.69) is 14.0 Å². The zero-order valence-corrected chi connectivity index (χ0v) is 14.8. The van der Waals surface area contributed by atoms with Crippen molar-refractivity contribution in [3.8, 4) is 11.5 Å². The fourth-order valence-corrected chi connectivity index (χ4v) is 2.89. The van der Waals surface area contributed by atoms with E-state index in [1.165, 1.54) is 0 Å². The summed E-state index contributed by atoms with van der Waals surface area (Å²) < 4.78 is 20.2. The molecule has 0 atom stereocenters. The number of rotatable bonds is 4. The molecule has 0 saturated heterocycles. The van der Waals surface area contributed by atoms with E-state index < -0.39 is 19.1 Å². The van der Waals surface area contributed by atoms with Gasteiger partial charge in [0.25, 0.3) is 5.56 Å². The molecule has 0 fully saturated rings. The summed E-state index contributed by atoms with van der Waals surface area (Å²) in [6, 6.07) is 6.70. The highest BCUT2D eigenvalue weighted by atomic mass is 31.2. The number of aromatic nitrogens is 1. The summed E-state index contributed by atoms with van der Waals surface area (Å²) in [7, 11) is -3.80. The van der Waals surface area contributed by atoms with E-state index in [0.717, 1.165) is 0 Å². The van der Waals surface area contributed by atoms with E-state index in [9.17, 15) is 14.5 Å². The fourth-order valence-electron chi connectivity index (χ4n) is 1.77. The number of aromatic hydroxyl groups is 2. The van der Waals surface area contributed by atoms with Crippen molar-refractivity contribution in [3.05, 3.63) is 34.6 Å². The molecule has 24 heavy (non-hydrogen) atoms. The van der Waals surface area contributed by atoms with E-state index in [4.69, 9.17) is 10.00 Å². The van der Waals surface area contributed by atoms with Gasteiger partial charge in [0.05, 0.1) is 17.7 Å².